The summed E-state index contributed by atoms with van der Waals surface area (Å²) in [5.41, 5.74) is 2.27. The van der Waals surface area contributed by atoms with Gasteiger partial charge in [-0.1, -0.05) is 0 Å². The van der Waals surface area contributed by atoms with E-state index >= 15 is 0 Å². The molecule has 1 saturated carbocycles. The average molecular weight is 279 g/mol. The molecule has 110 valence electrons. The standard InChI is InChI=1S/C12H20F3N3O/c1-11(16,12(13,14)15)10(19)17-8-4-6-18(7-5-8)9-2-3-9/h8-9H,2-7,16H2,1H3,(H,17,19). The minimum Gasteiger partial charge on any atom is -0.351 e. The molecular weight excluding hydrogens is 259 g/mol. The molecule has 7 heteroatoms. The molecule has 3 N–H and O–H groups in total. The van der Waals surface area contributed by atoms with Crippen molar-refractivity contribution >= 4 is 5.91 Å². The van der Waals surface area contributed by atoms with Gasteiger partial charge in [0.05, 0.1) is 0 Å². The second kappa shape index (κ2) is 4.94. The Hall–Kier alpha value is -0.820. The van der Waals surface area contributed by atoms with E-state index < -0.39 is 17.6 Å². The minimum atomic E-state index is -4.73. The van der Waals surface area contributed by atoms with Gasteiger partial charge in [-0.3, -0.25) is 4.79 Å². The van der Waals surface area contributed by atoms with Gasteiger partial charge < -0.3 is 16.0 Å². The van der Waals surface area contributed by atoms with Crippen molar-refractivity contribution in [1.82, 2.24) is 10.2 Å². The van der Waals surface area contributed by atoms with Gasteiger partial charge in [-0.25, -0.2) is 0 Å². The summed E-state index contributed by atoms with van der Waals surface area (Å²) in [5, 5.41) is 2.43. The first-order chi connectivity index (χ1) is 8.72. The van der Waals surface area contributed by atoms with Crippen LogP contribution in [-0.2, 0) is 4.79 Å². The lowest BCUT2D eigenvalue weighted by molar-refractivity contribution is -0.187. The number of alkyl halides is 3. The van der Waals surface area contributed by atoms with Crippen molar-refractivity contribution in [3.8, 4) is 0 Å². The van der Waals surface area contributed by atoms with Crippen LogP contribution in [0.5, 0.6) is 0 Å². The molecule has 4 nitrogen and oxygen atoms in total. The van der Waals surface area contributed by atoms with Crippen molar-refractivity contribution < 1.29 is 18.0 Å². The highest BCUT2D eigenvalue weighted by atomic mass is 19.4. The topological polar surface area (TPSA) is 58.4 Å². The monoisotopic (exact) mass is 279 g/mol. The number of nitrogens with one attached hydrogen (secondary N) is 1. The molecule has 0 aromatic carbocycles. The van der Waals surface area contributed by atoms with Gasteiger partial charge in [0.15, 0.2) is 5.54 Å². The zero-order chi connectivity index (χ0) is 14.3. The van der Waals surface area contributed by atoms with Crippen LogP contribution in [0.25, 0.3) is 0 Å². The van der Waals surface area contributed by atoms with Gasteiger partial charge in [0.1, 0.15) is 0 Å². The highest BCUT2D eigenvalue weighted by Gasteiger charge is 2.54. The van der Waals surface area contributed by atoms with Gasteiger partial charge in [-0.05, 0) is 32.6 Å². The van der Waals surface area contributed by atoms with Gasteiger partial charge in [-0.15, -0.1) is 0 Å². The van der Waals surface area contributed by atoms with Crippen molar-refractivity contribution in [3.63, 3.8) is 0 Å². The molecule has 1 atom stereocenters. The van der Waals surface area contributed by atoms with Crippen LogP contribution in [0.3, 0.4) is 0 Å². The molecule has 0 radical (unpaired) electrons. The Bertz CT molecular complexity index is 345. The van der Waals surface area contributed by atoms with E-state index in [9.17, 15) is 18.0 Å². The van der Waals surface area contributed by atoms with Gasteiger partial charge in [0.2, 0.25) is 5.91 Å². The molecule has 0 bridgehead atoms. The molecule has 1 unspecified atom stereocenters. The minimum absolute atomic E-state index is 0.201. The predicted molar refractivity (Wildman–Crippen MR) is 64.4 cm³/mol. The lowest BCUT2D eigenvalue weighted by atomic mass is 9.99. The highest BCUT2D eigenvalue weighted by Crippen LogP contribution is 2.30. The average Bonchev–Trinajstić information content (AvgIpc) is 3.12. The van der Waals surface area contributed by atoms with E-state index in [0.717, 1.165) is 13.1 Å². The van der Waals surface area contributed by atoms with Crippen molar-refractivity contribution in [2.75, 3.05) is 13.1 Å². The molecule has 2 fully saturated rings. The first-order valence-corrected chi connectivity index (χ1v) is 6.62. The van der Waals surface area contributed by atoms with E-state index in [0.29, 0.717) is 25.8 Å². The predicted octanol–water partition coefficient (Wildman–Crippen LogP) is 1.01. The second-order valence-electron chi connectivity index (χ2n) is 5.71. The number of halogens is 3. The van der Waals surface area contributed by atoms with Crippen molar-refractivity contribution in [2.45, 2.75) is 56.4 Å². The second-order valence-corrected chi connectivity index (χ2v) is 5.71. The number of hydrogen-bond acceptors (Lipinski definition) is 3. The van der Waals surface area contributed by atoms with E-state index in [4.69, 9.17) is 5.73 Å². The molecule has 1 aliphatic heterocycles. The molecule has 0 aromatic heterocycles. The number of carbonyl (C=O) groups excluding carboxylic acids is 1. The summed E-state index contributed by atoms with van der Waals surface area (Å²) in [5.74, 6) is -1.13. The number of piperidine rings is 1. The summed E-state index contributed by atoms with van der Waals surface area (Å²) >= 11 is 0. The quantitative estimate of drug-likeness (QED) is 0.810. The van der Waals surface area contributed by atoms with E-state index in [2.05, 4.69) is 10.2 Å². The molecular formula is C12H20F3N3O. The smallest absolute Gasteiger partial charge is 0.351 e. The maximum Gasteiger partial charge on any atom is 0.415 e. The fourth-order valence-corrected chi connectivity index (χ4v) is 2.31. The molecule has 0 aromatic rings. The molecule has 2 rings (SSSR count). The Balaban J connectivity index is 1.83. The first-order valence-electron chi connectivity index (χ1n) is 6.62. The summed E-state index contributed by atoms with van der Waals surface area (Å²) in [6.45, 7) is 2.38. The van der Waals surface area contributed by atoms with Crippen LogP contribution in [-0.4, -0.2) is 47.7 Å². The Kier molecular flexibility index (Phi) is 3.79. The summed E-state index contributed by atoms with van der Waals surface area (Å²) in [6.07, 6.45) is -0.921. The highest BCUT2D eigenvalue weighted by molar-refractivity contribution is 5.86. The molecule has 0 spiro atoms. The van der Waals surface area contributed by atoms with Crippen molar-refractivity contribution in [1.29, 1.82) is 0 Å². The van der Waals surface area contributed by atoms with Crippen LogP contribution in [0.2, 0.25) is 0 Å². The zero-order valence-corrected chi connectivity index (χ0v) is 11.0. The summed E-state index contributed by atoms with van der Waals surface area (Å²) in [4.78, 5) is 14.0. The van der Waals surface area contributed by atoms with E-state index in [1.165, 1.54) is 12.8 Å². The third-order valence-electron chi connectivity index (χ3n) is 3.99. The van der Waals surface area contributed by atoms with E-state index in [1.807, 2.05) is 0 Å². The number of hydrogen-bond donors (Lipinski definition) is 2. The maximum atomic E-state index is 12.6. The Morgan fingerprint density at radius 1 is 1.21 bits per heavy atom. The number of amides is 1. The van der Waals surface area contributed by atoms with Crippen LogP contribution in [0.15, 0.2) is 0 Å². The zero-order valence-electron chi connectivity index (χ0n) is 11.0. The number of carbonyl (C=O) groups is 1. The van der Waals surface area contributed by atoms with Crippen LogP contribution >= 0.6 is 0 Å². The Morgan fingerprint density at radius 2 is 1.74 bits per heavy atom. The van der Waals surface area contributed by atoms with Gasteiger partial charge in [0, 0.05) is 25.2 Å². The van der Waals surface area contributed by atoms with Crippen LogP contribution in [0.4, 0.5) is 13.2 Å². The lowest BCUT2D eigenvalue weighted by Gasteiger charge is -2.34. The van der Waals surface area contributed by atoms with Gasteiger partial charge in [0.25, 0.3) is 0 Å². The molecule has 1 aliphatic carbocycles. The molecule has 1 heterocycles. The third kappa shape index (κ3) is 3.20. The summed E-state index contributed by atoms with van der Waals surface area (Å²) < 4.78 is 37.9. The Labute approximate surface area is 110 Å². The summed E-state index contributed by atoms with van der Waals surface area (Å²) in [6, 6.07) is 0.458. The lowest BCUT2D eigenvalue weighted by Crippen LogP contribution is -2.63. The van der Waals surface area contributed by atoms with Gasteiger partial charge in [-0.2, -0.15) is 13.2 Å². The summed E-state index contributed by atoms with van der Waals surface area (Å²) in [7, 11) is 0. The van der Waals surface area contributed by atoms with Crippen molar-refractivity contribution in [3.05, 3.63) is 0 Å². The molecule has 19 heavy (non-hydrogen) atoms. The van der Waals surface area contributed by atoms with Crippen molar-refractivity contribution in [2.24, 2.45) is 5.73 Å². The molecule has 1 amide bonds. The van der Waals surface area contributed by atoms with E-state index in [-0.39, 0.29) is 6.04 Å². The fourth-order valence-electron chi connectivity index (χ4n) is 2.31. The van der Waals surface area contributed by atoms with Crippen LogP contribution in [0.1, 0.15) is 32.6 Å². The third-order valence-corrected chi connectivity index (χ3v) is 3.99. The fraction of sp³-hybridized carbons (Fsp3) is 0.917. The number of rotatable bonds is 3. The molecule has 2 aliphatic rings. The molecule has 1 saturated heterocycles. The van der Waals surface area contributed by atoms with Gasteiger partial charge >= 0.3 is 6.18 Å². The largest absolute Gasteiger partial charge is 0.415 e. The number of likely N-dealkylation sites (tertiary alicyclic amines) is 1. The van der Waals surface area contributed by atoms with E-state index in [1.54, 1.807) is 0 Å². The first kappa shape index (κ1) is 14.6. The number of nitrogens with two attached hydrogens (primary N) is 1. The Morgan fingerprint density at radius 3 is 2.16 bits per heavy atom. The number of nitrogens with zero attached hydrogens (tertiary/aromatic N) is 1. The SMILES string of the molecule is CC(N)(C(=O)NC1CCN(C2CC2)CC1)C(F)(F)F. The van der Waals surface area contributed by atoms with Crippen LogP contribution in [0, 0.1) is 0 Å². The normalized spacial score (nSPS) is 25.9. The maximum absolute atomic E-state index is 12.6. The van der Waals surface area contributed by atoms with Crippen LogP contribution < -0.4 is 11.1 Å².